The van der Waals surface area contributed by atoms with Gasteiger partial charge in [0, 0.05) is 51.8 Å². The SMILES string of the molecule is CN(C)C(=O)[C@]12CN(C(=O)c3ccccc3)C[C@H]1CN(C(=O)c1ccco1)C2. The summed E-state index contributed by atoms with van der Waals surface area (Å²) in [7, 11) is 3.43. The molecule has 0 spiro atoms. The Morgan fingerprint density at radius 1 is 0.964 bits per heavy atom. The second kappa shape index (κ2) is 6.82. The van der Waals surface area contributed by atoms with E-state index in [2.05, 4.69) is 0 Å². The van der Waals surface area contributed by atoms with Gasteiger partial charge in [0.1, 0.15) is 0 Å². The minimum atomic E-state index is -0.782. The molecular weight excluding hydrogens is 358 g/mol. The van der Waals surface area contributed by atoms with E-state index in [1.54, 1.807) is 53.1 Å². The minimum Gasteiger partial charge on any atom is -0.459 e. The number of hydrogen-bond donors (Lipinski definition) is 0. The molecule has 7 heteroatoms. The van der Waals surface area contributed by atoms with Gasteiger partial charge in [-0.3, -0.25) is 14.4 Å². The summed E-state index contributed by atoms with van der Waals surface area (Å²) in [5.74, 6) is -0.176. The molecule has 146 valence electrons. The molecule has 1 aromatic carbocycles. The third kappa shape index (κ3) is 2.87. The van der Waals surface area contributed by atoms with Gasteiger partial charge in [-0.1, -0.05) is 18.2 Å². The zero-order valence-electron chi connectivity index (χ0n) is 16.0. The molecule has 0 unspecified atom stereocenters. The monoisotopic (exact) mass is 381 g/mol. The fourth-order valence-electron chi connectivity index (χ4n) is 4.44. The van der Waals surface area contributed by atoms with Gasteiger partial charge in [-0.15, -0.1) is 0 Å². The Bertz CT molecular complexity index is 894. The van der Waals surface area contributed by atoms with Crippen molar-refractivity contribution in [3.63, 3.8) is 0 Å². The van der Waals surface area contributed by atoms with Gasteiger partial charge in [-0.2, -0.15) is 0 Å². The van der Waals surface area contributed by atoms with Crippen LogP contribution in [-0.2, 0) is 4.79 Å². The number of carbonyl (C=O) groups excluding carboxylic acids is 3. The molecule has 0 N–H and O–H groups in total. The van der Waals surface area contributed by atoms with E-state index in [-0.39, 0.29) is 35.9 Å². The molecule has 0 bridgehead atoms. The lowest BCUT2D eigenvalue weighted by molar-refractivity contribution is -0.139. The molecule has 0 aliphatic carbocycles. The lowest BCUT2D eigenvalue weighted by Crippen LogP contribution is -2.48. The largest absolute Gasteiger partial charge is 0.459 e. The summed E-state index contributed by atoms with van der Waals surface area (Å²) in [5.41, 5.74) is -0.172. The van der Waals surface area contributed by atoms with E-state index in [4.69, 9.17) is 4.42 Å². The van der Waals surface area contributed by atoms with Gasteiger partial charge < -0.3 is 19.1 Å². The predicted molar refractivity (Wildman–Crippen MR) is 102 cm³/mol. The highest BCUT2D eigenvalue weighted by Crippen LogP contribution is 2.44. The van der Waals surface area contributed by atoms with Gasteiger partial charge >= 0.3 is 0 Å². The summed E-state index contributed by atoms with van der Waals surface area (Å²) in [6, 6.07) is 12.4. The average molecular weight is 381 g/mol. The lowest BCUT2D eigenvalue weighted by atomic mass is 9.80. The number of fused-ring (bicyclic) bond motifs is 1. The van der Waals surface area contributed by atoms with Crippen molar-refractivity contribution in [1.29, 1.82) is 0 Å². The van der Waals surface area contributed by atoms with Gasteiger partial charge in [0.15, 0.2) is 5.76 Å². The van der Waals surface area contributed by atoms with Gasteiger partial charge in [0.05, 0.1) is 11.7 Å². The molecule has 2 aliphatic rings. The number of hydrogen-bond acceptors (Lipinski definition) is 4. The molecule has 2 aromatic rings. The Morgan fingerprint density at radius 3 is 2.18 bits per heavy atom. The van der Waals surface area contributed by atoms with E-state index in [0.29, 0.717) is 25.2 Å². The summed E-state index contributed by atoms with van der Waals surface area (Å²) in [6.45, 7) is 1.48. The second-order valence-corrected chi connectivity index (χ2v) is 7.77. The van der Waals surface area contributed by atoms with Crippen molar-refractivity contribution in [2.45, 2.75) is 0 Å². The predicted octanol–water partition coefficient (Wildman–Crippen LogP) is 1.58. The van der Waals surface area contributed by atoms with Crippen LogP contribution in [0.2, 0.25) is 0 Å². The van der Waals surface area contributed by atoms with Crippen molar-refractivity contribution in [2.75, 3.05) is 40.3 Å². The third-order valence-electron chi connectivity index (χ3n) is 5.77. The molecule has 2 fully saturated rings. The van der Waals surface area contributed by atoms with E-state index < -0.39 is 5.41 Å². The third-order valence-corrected chi connectivity index (χ3v) is 5.77. The van der Waals surface area contributed by atoms with Crippen LogP contribution in [0.25, 0.3) is 0 Å². The summed E-state index contributed by atoms with van der Waals surface area (Å²) in [4.78, 5) is 43.8. The minimum absolute atomic E-state index is 0.0457. The molecule has 2 aliphatic heterocycles. The molecule has 2 saturated heterocycles. The van der Waals surface area contributed by atoms with E-state index in [0.717, 1.165) is 0 Å². The first-order chi connectivity index (χ1) is 13.4. The van der Waals surface area contributed by atoms with E-state index in [1.807, 2.05) is 18.2 Å². The lowest BCUT2D eigenvalue weighted by Gasteiger charge is -2.30. The molecule has 28 heavy (non-hydrogen) atoms. The second-order valence-electron chi connectivity index (χ2n) is 7.77. The Hall–Kier alpha value is -3.09. The Kier molecular flexibility index (Phi) is 4.45. The van der Waals surface area contributed by atoms with Crippen molar-refractivity contribution in [3.8, 4) is 0 Å². The first-order valence-electron chi connectivity index (χ1n) is 9.31. The number of carbonyl (C=O) groups is 3. The van der Waals surface area contributed by atoms with Crippen LogP contribution in [0.3, 0.4) is 0 Å². The van der Waals surface area contributed by atoms with Crippen LogP contribution in [0.4, 0.5) is 0 Å². The number of amides is 3. The van der Waals surface area contributed by atoms with Crippen LogP contribution in [0, 0.1) is 11.3 Å². The maximum absolute atomic E-state index is 13.1. The Morgan fingerprint density at radius 2 is 1.61 bits per heavy atom. The molecule has 2 atom stereocenters. The molecule has 3 heterocycles. The van der Waals surface area contributed by atoms with Crippen LogP contribution >= 0.6 is 0 Å². The highest BCUT2D eigenvalue weighted by molar-refractivity contribution is 5.96. The first kappa shape index (κ1) is 18.3. The molecule has 0 saturated carbocycles. The first-order valence-corrected chi connectivity index (χ1v) is 9.31. The molecule has 7 nitrogen and oxygen atoms in total. The van der Waals surface area contributed by atoms with Crippen molar-refractivity contribution >= 4 is 17.7 Å². The van der Waals surface area contributed by atoms with Gasteiger partial charge in [0.25, 0.3) is 11.8 Å². The summed E-state index contributed by atoms with van der Waals surface area (Å²) >= 11 is 0. The van der Waals surface area contributed by atoms with Gasteiger partial charge in [-0.05, 0) is 24.3 Å². The molecule has 4 rings (SSSR count). The van der Waals surface area contributed by atoms with E-state index in [9.17, 15) is 14.4 Å². The number of furan rings is 1. The highest BCUT2D eigenvalue weighted by atomic mass is 16.3. The standard InChI is InChI=1S/C21H23N3O4/c1-22(2)20(27)21-13-23(18(25)15-7-4-3-5-8-15)11-16(21)12-24(14-21)19(26)17-9-6-10-28-17/h3-10,16H,11-14H2,1-2H3/t16-,21-/m0/s1. The molecule has 1 aromatic heterocycles. The van der Waals surface area contributed by atoms with E-state index in [1.165, 1.54) is 6.26 Å². The van der Waals surface area contributed by atoms with Crippen molar-refractivity contribution < 1.29 is 18.8 Å². The van der Waals surface area contributed by atoms with Crippen molar-refractivity contribution in [1.82, 2.24) is 14.7 Å². The Labute approximate surface area is 163 Å². The normalized spacial score (nSPS) is 23.6. The van der Waals surface area contributed by atoms with Crippen LogP contribution in [-0.4, -0.2) is 72.7 Å². The number of benzene rings is 1. The number of likely N-dealkylation sites (tertiary alicyclic amines) is 2. The maximum atomic E-state index is 13.1. The quantitative estimate of drug-likeness (QED) is 0.809. The van der Waals surface area contributed by atoms with Crippen LogP contribution in [0.15, 0.2) is 53.1 Å². The average Bonchev–Trinajstić information content (AvgIpc) is 3.41. The van der Waals surface area contributed by atoms with Gasteiger partial charge in [0.2, 0.25) is 5.91 Å². The number of rotatable bonds is 3. The molecule has 0 radical (unpaired) electrons. The highest BCUT2D eigenvalue weighted by Gasteiger charge is 2.59. The van der Waals surface area contributed by atoms with Crippen LogP contribution < -0.4 is 0 Å². The van der Waals surface area contributed by atoms with Crippen LogP contribution in [0.5, 0.6) is 0 Å². The number of nitrogens with zero attached hydrogens (tertiary/aromatic N) is 3. The zero-order valence-corrected chi connectivity index (χ0v) is 16.0. The van der Waals surface area contributed by atoms with Gasteiger partial charge in [-0.25, -0.2) is 0 Å². The maximum Gasteiger partial charge on any atom is 0.289 e. The van der Waals surface area contributed by atoms with Crippen molar-refractivity contribution in [3.05, 3.63) is 60.1 Å². The summed E-state index contributed by atoms with van der Waals surface area (Å²) in [5, 5.41) is 0. The fraction of sp³-hybridized carbons (Fsp3) is 0.381. The summed E-state index contributed by atoms with van der Waals surface area (Å²) in [6.07, 6.45) is 1.46. The molecular formula is C21H23N3O4. The smallest absolute Gasteiger partial charge is 0.289 e. The fourth-order valence-corrected chi connectivity index (χ4v) is 4.44. The topological polar surface area (TPSA) is 74.1 Å². The van der Waals surface area contributed by atoms with Crippen molar-refractivity contribution in [2.24, 2.45) is 11.3 Å². The van der Waals surface area contributed by atoms with E-state index >= 15 is 0 Å². The van der Waals surface area contributed by atoms with Crippen LogP contribution in [0.1, 0.15) is 20.9 Å². The Balaban J connectivity index is 1.60. The summed E-state index contributed by atoms with van der Waals surface area (Å²) < 4.78 is 5.24. The zero-order chi connectivity index (χ0) is 19.9. The molecule has 3 amide bonds.